The average molecular weight is 560 g/mol. The minimum Gasteiger partial charge on any atom is -0.392 e. The lowest BCUT2D eigenvalue weighted by Crippen LogP contribution is -2.47. The molecule has 9 nitrogen and oxygen atoms in total. The lowest BCUT2D eigenvalue weighted by molar-refractivity contribution is 0.0527. The van der Waals surface area contributed by atoms with Crippen LogP contribution >= 0.6 is 0 Å². The molecule has 40 heavy (non-hydrogen) atoms. The van der Waals surface area contributed by atoms with Crippen LogP contribution in [0, 0.1) is 18.8 Å². The molecule has 0 bridgehead atoms. The molecule has 1 fully saturated rings. The van der Waals surface area contributed by atoms with E-state index in [0.717, 1.165) is 47.5 Å². The second kappa shape index (κ2) is 10.9. The Morgan fingerprint density at radius 1 is 1.02 bits per heavy atom. The van der Waals surface area contributed by atoms with E-state index >= 15 is 0 Å². The Balaban J connectivity index is 1.34. The number of nitrogens with zero attached hydrogens (tertiary/aromatic N) is 4. The van der Waals surface area contributed by atoms with Crippen molar-refractivity contribution in [2.24, 2.45) is 11.8 Å². The number of hydrogen-bond donors (Lipinski definition) is 2. The lowest BCUT2D eigenvalue weighted by Gasteiger charge is -2.39. The van der Waals surface area contributed by atoms with E-state index in [0.29, 0.717) is 11.3 Å². The van der Waals surface area contributed by atoms with E-state index in [1.165, 1.54) is 6.07 Å². The van der Waals surface area contributed by atoms with Crippen molar-refractivity contribution in [1.82, 2.24) is 20.3 Å². The van der Waals surface area contributed by atoms with E-state index in [2.05, 4.69) is 29.0 Å². The molecule has 1 aromatic carbocycles. The van der Waals surface area contributed by atoms with Crippen molar-refractivity contribution in [3.63, 3.8) is 0 Å². The summed E-state index contributed by atoms with van der Waals surface area (Å²) >= 11 is 0. The number of sulfone groups is 1. The Morgan fingerprint density at radius 3 is 2.48 bits per heavy atom. The number of hydrogen-bond acceptors (Lipinski definition) is 8. The summed E-state index contributed by atoms with van der Waals surface area (Å²) < 4.78 is 24.1. The summed E-state index contributed by atoms with van der Waals surface area (Å²) in [6.07, 6.45) is 2.53. The number of aliphatic hydroxyl groups excluding tert-OH is 1. The molecular weight excluding hydrogens is 526 g/mol. The Bertz CT molecular complexity index is 1680. The number of benzene rings is 1. The number of nitrogens with one attached hydrogen (secondary N) is 1. The minimum atomic E-state index is -3.44. The number of aryl methyl sites for hydroxylation is 1. The number of carbonyl (C=O) groups excluding carboxylic acids is 1. The van der Waals surface area contributed by atoms with Gasteiger partial charge in [0.1, 0.15) is 5.82 Å². The van der Waals surface area contributed by atoms with Crippen LogP contribution in [0.5, 0.6) is 0 Å². The first-order valence-electron chi connectivity index (χ1n) is 13.2. The smallest absolute Gasteiger partial charge is 0.251 e. The Labute approximate surface area is 234 Å². The third-order valence-corrected chi connectivity index (χ3v) is 8.65. The molecule has 4 heterocycles. The van der Waals surface area contributed by atoms with Gasteiger partial charge in [0.2, 0.25) is 0 Å². The molecule has 0 radical (unpaired) electrons. The third kappa shape index (κ3) is 5.83. The summed E-state index contributed by atoms with van der Waals surface area (Å²) in [4.78, 5) is 29.3. The maximum absolute atomic E-state index is 12.8. The van der Waals surface area contributed by atoms with Gasteiger partial charge in [0.05, 0.1) is 40.1 Å². The number of aliphatic hydroxyl groups is 1. The van der Waals surface area contributed by atoms with Crippen LogP contribution in [0.15, 0.2) is 65.7 Å². The highest BCUT2D eigenvalue weighted by molar-refractivity contribution is 7.90. The summed E-state index contributed by atoms with van der Waals surface area (Å²) in [7, 11) is -3.44. The molecule has 1 amide bonds. The molecule has 1 aliphatic heterocycles. The molecule has 0 aliphatic carbocycles. The number of aromatic nitrogens is 3. The Kier molecular flexibility index (Phi) is 7.57. The van der Waals surface area contributed by atoms with Crippen molar-refractivity contribution in [2.45, 2.75) is 38.3 Å². The number of fused-ring (bicyclic) bond motifs is 1. The van der Waals surface area contributed by atoms with E-state index in [4.69, 9.17) is 9.97 Å². The summed E-state index contributed by atoms with van der Waals surface area (Å²) in [5.41, 5.74) is 3.68. The topological polar surface area (TPSA) is 125 Å². The van der Waals surface area contributed by atoms with Gasteiger partial charge in [-0.2, -0.15) is 0 Å². The van der Waals surface area contributed by atoms with Crippen molar-refractivity contribution in [2.75, 3.05) is 24.2 Å². The number of pyridine rings is 3. The highest BCUT2D eigenvalue weighted by Gasteiger charge is 2.31. The van der Waals surface area contributed by atoms with Gasteiger partial charge in [-0.3, -0.25) is 9.78 Å². The molecule has 2 unspecified atom stereocenters. The molecule has 0 spiro atoms. The number of piperidine rings is 1. The molecule has 208 valence electrons. The fourth-order valence-corrected chi connectivity index (χ4v) is 6.18. The summed E-state index contributed by atoms with van der Waals surface area (Å²) in [6, 6.07) is 16.2. The molecule has 5 rings (SSSR count). The van der Waals surface area contributed by atoms with Gasteiger partial charge in [-0.05, 0) is 66.8 Å². The van der Waals surface area contributed by atoms with Crippen LogP contribution in [0.1, 0.15) is 35.5 Å². The molecular formula is C30H33N5O4S. The maximum Gasteiger partial charge on any atom is 0.251 e. The van der Waals surface area contributed by atoms with Crippen molar-refractivity contribution in [3.8, 4) is 11.4 Å². The zero-order chi connectivity index (χ0) is 28.6. The zero-order valence-electron chi connectivity index (χ0n) is 23.0. The minimum absolute atomic E-state index is 0.139. The van der Waals surface area contributed by atoms with Gasteiger partial charge < -0.3 is 15.3 Å². The molecule has 1 saturated heterocycles. The lowest BCUT2D eigenvalue weighted by atomic mass is 9.88. The molecule has 2 atom stereocenters. The molecule has 0 saturated carbocycles. The van der Waals surface area contributed by atoms with Crippen LogP contribution in [-0.2, 0) is 16.4 Å². The quantitative estimate of drug-likeness (QED) is 0.366. The van der Waals surface area contributed by atoms with Gasteiger partial charge in [-0.25, -0.2) is 18.4 Å². The average Bonchev–Trinajstić information content (AvgIpc) is 2.93. The second-order valence-corrected chi connectivity index (χ2v) is 12.7. The van der Waals surface area contributed by atoms with E-state index in [-0.39, 0.29) is 40.9 Å². The standard InChI is InChI=1S/C30H33N5O4S/c1-18-8-9-21(12-27(18)40(4,38)39)30(37)32-15-23-13-26-22(14-31-23)10-11-25(33-26)24-6-5-7-28(34-24)35-16-19(2)29(36)20(3)17-35/h5-14,19-20,29,36H,15-17H2,1-4H3,(H,32,37). The van der Waals surface area contributed by atoms with Crippen molar-refractivity contribution < 1.29 is 18.3 Å². The maximum atomic E-state index is 12.8. The van der Waals surface area contributed by atoms with Gasteiger partial charge in [0, 0.05) is 36.5 Å². The van der Waals surface area contributed by atoms with Gasteiger partial charge >= 0.3 is 0 Å². The van der Waals surface area contributed by atoms with E-state index in [1.54, 1.807) is 25.3 Å². The first-order chi connectivity index (χ1) is 19.0. The SMILES string of the molecule is Cc1ccc(C(=O)NCc2cc3nc(-c4cccc(N5CC(C)C(O)C(C)C5)n4)ccc3cn2)cc1S(C)(=O)=O. The van der Waals surface area contributed by atoms with Crippen LogP contribution in [0.4, 0.5) is 5.82 Å². The second-order valence-electron chi connectivity index (χ2n) is 10.7. The van der Waals surface area contributed by atoms with Gasteiger partial charge in [-0.1, -0.05) is 26.0 Å². The summed E-state index contributed by atoms with van der Waals surface area (Å²) in [5, 5.41) is 14.0. The van der Waals surface area contributed by atoms with Crippen molar-refractivity contribution >= 4 is 32.5 Å². The number of carbonyl (C=O) groups is 1. The monoisotopic (exact) mass is 559 g/mol. The third-order valence-electron chi connectivity index (χ3n) is 7.41. The van der Waals surface area contributed by atoms with Gasteiger partial charge in [-0.15, -0.1) is 0 Å². The Morgan fingerprint density at radius 2 is 1.75 bits per heavy atom. The van der Waals surface area contributed by atoms with Gasteiger partial charge in [0.25, 0.3) is 5.91 Å². The van der Waals surface area contributed by atoms with Crippen LogP contribution in [0.2, 0.25) is 0 Å². The fourth-order valence-electron chi connectivity index (χ4n) is 5.19. The fraction of sp³-hybridized carbons (Fsp3) is 0.333. The first-order valence-corrected chi connectivity index (χ1v) is 15.1. The van der Waals surface area contributed by atoms with Crippen LogP contribution in [0.3, 0.4) is 0 Å². The largest absolute Gasteiger partial charge is 0.392 e. The number of rotatable bonds is 6. The molecule has 2 N–H and O–H groups in total. The summed E-state index contributed by atoms with van der Waals surface area (Å²) in [5.74, 6) is 0.793. The van der Waals surface area contributed by atoms with Crippen molar-refractivity contribution in [3.05, 3.63) is 77.6 Å². The highest BCUT2D eigenvalue weighted by Crippen LogP contribution is 2.28. The molecule has 10 heteroatoms. The predicted molar refractivity (Wildman–Crippen MR) is 155 cm³/mol. The van der Waals surface area contributed by atoms with Crippen molar-refractivity contribution in [1.29, 1.82) is 0 Å². The Hall–Kier alpha value is -3.89. The van der Waals surface area contributed by atoms with E-state index < -0.39 is 9.84 Å². The normalized spacial score (nSPS) is 19.5. The van der Waals surface area contributed by atoms with Crippen LogP contribution in [0.25, 0.3) is 22.3 Å². The van der Waals surface area contributed by atoms with Crippen LogP contribution in [-0.4, -0.2) is 59.8 Å². The van der Waals surface area contributed by atoms with Crippen LogP contribution < -0.4 is 10.2 Å². The zero-order valence-corrected chi connectivity index (χ0v) is 23.8. The summed E-state index contributed by atoms with van der Waals surface area (Å²) in [6.45, 7) is 7.46. The van der Waals surface area contributed by atoms with E-state index in [1.807, 2.05) is 36.4 Å². The highest BCUT2D eigenvalue weighted by atomic mass is 32.2. The number of anilines is 1. The predicted octanol–water partition coefficient (Wildman–Crippen LogP) is 3.79. The molecule has 4 aromatic rings. The first kappa shape index (κ1) is 27.7. The number of amides is 1. The van der Waals surface area contributed by atoms with E-state index in [9.17, 15) is 18.3 Å². The molecule has 3 aromatic heterocycles. The van der Waals surface area contributed by atoms with Gasteiger partial charge in [0.15, 0.2) is 9.84 Å². The molecule has 1 aliphatic rings.